The molecule has 0 spiro atoms. The van der Waals surface area contributed by atoms with Crippen molar-refractivity contribution in [2.45, 2.75) is 0 Å². The molecule has 0 fully saturated rings. The van der Waals surface area contributed by atoms with Gasteiger partial charge in [-0.25, -0.2) is 0 Å². The molecule has 2 amide bonds. The zero-order valence-electron chi connectivity index (χ0n) is 11.1. The number of amides is 2. The Balaban J connectivity index is 1.89. The number of aromatic amines is 1. The summed E-state index contributed by atoms with van der Waals surface area (Å²) >= 11 is 3.29. The molecule has 0 aliphatic heterocycles. The van der Waals surface area contributed by atoms with Gasteiger partial charge >= 0.3 is 0 Å². The van der Waals surface area contributed by atoms with E-state index >= 15 is 0 Å². The van der Waals surface area contributed by atoms with E-state index in [0.717, 1.165) is 16.7 Å². The molecule has 9 heteroatoms. The van der Waals surface area contributed by atoms with Crippen LogP contribution in [0, 0.1) is 10.1 Å². The Bertz CT molecular complexity index is 728. The topological polar surface area (TPSA) is 117 Å². The smallest absolute Gasteiger partial charge is 0.287 e. The predicted octanol–water partition coefficient (Wildman–Crippen LogP) is 2.05. The van der Waals surface area contributed by atoms with E-state index in [1.54, 1.807) is 24.3 Å². The van der Waals surface area contributed by atoms with Crippen LogP contribution < -0.4 is 10.6 Å². The number of benzene rings is 1. The Kier molecular flexibility index (Phi) is 4.89. The van der Waals surface area contributed by atoms with Gasteiger partial charge in [-0.3, -0.25) is 19.7 Å². The summed E-state index contributed by atoms with van der Waals surface area (Å²) in [5.74, 6) is -1.02. The van der Waals surface area contributed by atoms with Crippen LogP contribution in [-0.4, -0.2) is 28.3 Å². The number of carbonyl (C=O) groups excluding carboxylic acids is 2. The maximum Gasteiger partial charge on any atom is 0.287 e. The molecular weight excluding hydrogens is 356 g/mol. The van der Waals surface area contributed by atoms with Gasteiger partial charge in [-0.05, 0) is 28.1 Å². The van der Waals surface area contributed by atoms with Gasteiger partial charge in [-0.15, -0.1) is 0 Å². The van der Waals surface area contributed by atoms with Crippen molar-refractivity contribution in [1.82, 2.24) is 10.3 Å². The van der Waals surface area contributed by atoms with E-state index in [2.05, 4.69) is 31.5 Å². The normalized spacial score (nSPS) is 10.0. The third-order valence-electron chi connectivity index (χ3n) is 2.68. The van der Waals surface area contributed by atoms with Gasteiger partial charge < -0.3 is 15.6 Å². The maximum absolute atomic E-state index is 11.8. The lowest BCUT2D eigenvalue weighted by atomic mass is 10.3. The van der Waals surface area contributed by atoms with Crippen LogP contribution in [0.4, 0.5) is 11.4 Å². The van der Waals surface area contributed by atoms with Crippen LogP contribution in [0.3, 0.4) is 0 Å². The first kappa shape index (κ1) is 15.7. The Morgan fingerprint density at radius 1 is 1.32 bits per heavy atom. The van der Waals surface area contributed by atoms with E-state index in [4.69, 9.17) is 0 Å². The number of hydrogen-bond donors (Lipinski definition) is 3. The minimum atomic E-state index is -0.618. The van der Waals surface area contributed by atoms with Gasteiger partial charge in [0.1, 0.15) is 5.69 Å². The molecule has 1 aromatic carbocycles. The standard InChI is InChI=1S/C13H11BrN4O4/c14-9-3-1-2-4-10(9)17-12(19)7-16-13(20)11-5-8(6-15-11)18(21)22/h1-6,15H,7H2,(H,16,20)(H,17,19). The van der Waals surface area contributed by atoms with Crippen LogP contribution in [-0.2, 0) is 4.79 Å². The quantitative estimate of drug-likeness (QED) is 0.554. The summed E-state index contributed by atoms with van der Waals surface area (Å²) in [6.45, 7) is -0.257. The number of nitro groups is 1. The van der Waals surface area contributed by atoms with Crippen molar-refractivity contribution in [3.05, 3.63) is 56.8 Å². The summed E-state index contributed by atoms with van der Waals surface area (Å²) in [5, 5.41) is 15.5. The zero-order valence-corrected chi connectivity index (χ0v) is 12.7. The summed E-state index contributed by atoms with van der Waals surface area (Å²) in [4.78, 5) is 35.9. The van der Waals surface area contributed by atoms with E-state index in [0.29, 0.717) is 5.69 Å². The summed E-state index contributed by atoms with van der Waals surface area (Å²) in [5.41, 5.74) is 0.375. The predicted molar refractivity (Wildman–Crippen MR) is 82.6 cm³/mol. The minimum absolute atomic E-state index is 0.0143. The number of rotatable bonds is 5. The molecule has 0 atom stereocenters. The molecule has 0 aliphatic rings. The van der Waals surface area contributed by atoms with Gasteiger partial charge in [0.2, 0.25) is 5.91 Å². The Labute approximate surface area is 133 Å². The molecule has 1 aromatic heterocycles. The number of H-pyrrole nitrogens is 1. The van der Waals surface area contributed by atoms with Crippen LogP contribution in [0.25, 0.3) is 0 Å². The summed E-state index contributed by atoms with van der Waals surface area (Å²) in [6, 6.07) is 8.14. The number of nitrogens with one attached hydrogen (secondary N) is 3. The Morgan fingerprint density at radius 3 is 2.68 bits per heavy atom. The summed E-state index contributed by atoms with van der Waals surface area (Å²) in [7, 11) is 0. The van der Waals surface area contributed by atoms with Crippen LogP contribution in [0.1, 0.15) is 10.5 Å². The summed E-state index contributed by atoms with van der Waals surface area (Å²) < 4.78 is 0.717. The second kappa shape index (κ2) is 6.85. The molecule has 8 nitrogen and oxygen atoms in total. The number of hydrogen-bond acceptors (Lipinski definition) is 4. The van der Waals surface area contributed by atoms with Gasteiger partial charge in [0.05, 0.1) is 23.4 Å². The lowest BCUT2D eigenvalue weighted by Gasteiger charge is -2.07. The Morgan fingerprint density at radius 2 is 2.05 bits per heavy atom. The number of carbonyl (C=O) groups is 2. The van der Waals surface area contributed by atoms with Gasteiger partial charge in [-0.2, -0.15) is 0 Å². The average Bonchev–Trinajstić information content (AvgIpc) is 2.97. The minimum Gasteiger partial charge on any atom is -0.351 e. The van der Waals surface area contributed by atoms with E-state index in [-0.39, 0.29) is 17.9 Å². The fourth-order valence-electron chi connectivity index (χ4n) is 1.63. The molecule has 0 saturated carbocycles. The molecule has 0 aliphatic carbocycles. The van der Waals surface area contributed by atoms with E-state index in [9.17, 15) is 19.7 Å². The van der Waals surface area contributed by atoms with Crippen molar-refractivity contribution in [2.24, 2.45) is 0 Å². The molecule has 0 bridgehead atoms. The SMILES string of the molecule is O=C(CNC(=O)c1cc([N+](=O)[O-])c[nH]1)Nc1ccccc1Br. The van der Waals surface area contributed by atoms with E-state index in [1.807, 2.05) is 0 Å². The summed E-state index contributed by atoms with van der Waals surface area (Å²) in [6.07, 6.45) is 1.11. The molecule has 22 heavy (non-hydrogen) atoms. The van der Waals surface area contributed by atoms with Crippen molar-refractivity contribution >= 4 is 39.1 Å². The van der Waals surface area contributed by atoms with Gasteiger partial charge in [-0.1, -0.05) is 12.1 Å². The highest BCUT2D eigenvalue weighted by Gasteiger charge is 2.15. The van der Waals surface area contributed by atoms with Crippen molar-refractivity contribution in [1.29, 1.82) is 0 Å². The molecule has 0 unspecified atom stereocenters. The van der Waals surface area contributed by atoms with Crippen LogP contribution in [0.2, 0.25) is 0 Å². The van der Waals surface area contributed by atoms with Gasteiger partial charge in [0, 0.05) is 10.5 Å². The number of halogens is 1. The van der Waals surface area contributed by atoms with Gasteiger partial charge in [0.15, 0.2) is 0 Å². The first-order valence-electron chi connectivity index (χ1n) is 6.13. The average molecular weight is 367 g/mol. The van der Waals surface area contributed by atoms with Crippen LogP contribution in [0.5, 0.6) is 0 Å². The number of nitrogens with zero attached hydrogens (tertiary/aromatic N) is 1. The largest absolute Gasteiger partial charge is 0.351 e. The molecule has 2 rings (SSSR count). The second-order valence-electron chi connectivity index (χ2n) is 4.24. The zero-order chi connectivity index (χ0) is 16.1. The molecule has 3 N–H and O–H groups in total. The first-order valence-corrected chi connectivity index (χ1v) is 6.92. The molecule has 114 valence electrons. The van der Waals surface area contributed by atoms with Crippen molar-refractivity contribution in [2.75, 3.05) is 11.9 Å². The molecular formula is C13H11BrN4O4. The van der Waals surface area contributed by atoms with E-state index < -0.39 is 16.7 Å². The van der Waals surface area contributed by atoms with Crippen molar-refractivity contribution in [3.63, 3.8) is 0 Å². The molecule has 2 aromatic rings. The van der Waals surface area contributed by atoms with Crippen molar-refractivity contribution in [3.8, 4) is 0 Å². The maximum atomic E-state index is 11.8. The lowest BCUT2D eigenvalue weighted by molar-refractivity contribution is -0.384. The van der Waals surface area contributed by atoms with E-state index in [1.165, 1.54) is 0 Å². The fraction of sp³-hybridized carbons (Fsp3) is 0.0769. The van der Waals surface area contributed by atoms with Crippen LogP contribution >= 0.6 is 15.9 Å². The van der Waals surface area contributed by atoms with Crippen molar-refractivity contribution < 1.29 is 14.5 Å². The Hall–Kier alpha value is -2.68. The fourth-order valence-corrected chi connectivity index (χ4v) is 2.02. The number of para-hydroxylation sites is 1. The third-order valence-corrected chi connectivity index (χ3v) is 3.37. The second-order valence-corrected chi connectivity index (χ2v) is 5.09. The third kappa shape index (κ3) is 3.92. The molecule has 0 radical (unpaired) electrons. The highest BCUT2D eigenvalue weighted by atomic mass is 79.9. The highest BCUT2D eigenvalue weighted by Crippen LogP contribution is 2.20. The molecule has 0 saturated heterocycles. The molecule has 1 heterocycles. The number of aromatic nitrogens is 1. The first-order chi connectivity index (χ1) is 10.5. The number of anilines is 1. The lowest BCUT2D eigenvalue weighted by Crippen LogP contribution is -2.33. The highest BCUT2D eigenvalue weighted by molar-refractivity contribution is 9.10. The van der Waals surface area contributed by atoms with Crippen LogP contribution in [0.15, 0.2) is 41.0 Å². The monoisotopic (exact) mass is 366 g/mol. The van der Waals surface area contributed by atoms with Gasteiger partial charge in [0.25, 0.3) is 11.6 Å².